The molecule has 214 valence electrons. The molecule has 1 aliphatic heterocycles. The molecule has 0 saturated carbocycles. The number of rotatable bonds is 10. The van der Waals surface area contributed by atoms with Gasteiger partial charge in [0, 0.05) is 51.7 Å². The Morgan fingerprint density at radius 1 is 1.00 bits per heavy atom. The Kier molecular flexibility index (Phi) is 10.0. The topological polar surface area (TPSA) is 79.0 Å². The van der Waals surface area contributed by atoms with Gasteiger partial charge in [0.1, 0.15) is 18.9 Å². The predicted octanol–water partition coefficient (Wildman–Crippen LogP) is 7.71. The van der Waals surface area contributed by atoms with Crippen LogP contribution in [0.3, 0.4) is 0 Å². The zero-order valence-electron chi connectivity index (χ0n) is 23.3. The molecule has 0 atom stereocenters. The Hall–Kier alpha value is -3.46. The number of imide groups is 1. The second kappa shape index (κ2) is 13.5. The standard InChI is InChI=1S/C31H31Cl2N3O4S/c1-5-35(6-2)25-12-9-21(27(16-25)40-18-22-8-10-23(32)15-26(22)33)14-28-30(38)36(31(39)41-28)17-29(37)34-24-11-7-19(3)20(4)13-24/h7-16H,5-6,17-18H2,1-4H3,(H,34,37)/b28-14+. The summed E-state index contributed by atoms with van der Waals surface area (Å²) >= 11 is 13.2. The number of carbonyl (C=O) groups excluding carboxylic acids is 3. The summed E-state index contributed by atoms with van der Waals surface area (Å²) in [6, 6.07) is 16.4. The molecule has 3 aromatic rings. The van der Waals surface area contributed by atoms with Crippen molar-refractivity contribution in [2.75, 3.05) is 29.9 Å². The summed E-state index contributed by atoms with van der Waals surface area (Å²) in [4.78, 5) is 41.9. The van der Waals surface area contributed by atoms with E-state index in [1.807, 2.05) is 44.2 Å². The van der Waals surface area contributed by atoms with E-state index in [0.29, 0.717) is 27.0 Å². The predicted molar refractivity (Wildman–Crippen MR) is 168 cm³/mol. The number of halogens is 2. The van der Waals surface area contributed by atoms with Gasteiger partial charge in [0.2, 0.25) is 5.91 Å². The van der Waals surface area contributed by atoms with Gasteiger partial charge in [-0.05, 0) is 93.1 Å². The molecule has 41 heavy (non-hydrogen) atoms. The van der Waals surface area contributed by atoms with Crippen molar-refractivity contribution >= 4 is 69.5 Å². The number of hydrogen-bond acceptors (Lipinski definition) is 6. The molecule has 0 bridgehead atoms. The smallest absolute Gasteiger partial charge is 0.294 e. The van der Waals surface area contributed by atoms with Crippen LogP contribution in [0.4, 0.5) is 16.2 Å². The highest BCUT2D eigenvalue weighted by Crippen LogP contribution is 2.36. The van der Waals surface area contributed by atoms with Gasteiger partial charge in [-0.1, -0.05) is 35.3 Å². The van der Waals surface area contributed by atoms with Crippen LogP contribution in [0.1, 0.15) is 36.1 Å². The quantitative estimate of drug-likeness (QED) is 0.236. The number of anilines is 2. The number of carbonyl (C=O) groups is 3. The minimum Gasteiger partial charge on any atom is -0.488 e. The van der Waals surface area contributed by atoms with Gasteiger partial charge in [-0.25, -0.2) is 0 Å². The number of ether oxygens (including phenoxy) is 1. The molecule has 4 rings (SSSR count). The van der Waals surface area contributed by atoms with Crippen LogP contribution in [-0.2, 0) is 16.2 Å². The second-order valence-corrected chi connectivity index (χ2v) is 11.4. The number of amides is 3. The van der Waals surface area contributed by atoms with E-state index in [0.717, 1.165) is 52.1 Å². The fourth-order valence-corrected chi connectivity index (χ4v) is 5.58. The summed E-state index contributed by atoms with van der Waals surface area (Å²) in [6.07, 6.45) is 1.62. The van der Waals surface area contributed by atoms with Crippen molar-refractivity contribution in [1.82, 2.24) is 4.90 Å². The molecular formula is C31H31Cl2N3O4S. The van der Waals surface area contributed by atoms with Gasteiger partial charge in [0.25, 0.3) is 11.1 Å². The Balaban J connectivity index is 1.55. The monoisotopic (exact) mass is 611 g/mol. The number of nitrogens with one attached hydrogen (secondary N) is 1. The van der Waals surface area contributed by atoms with E-state index in [1.54, 1.807) is 30.3 Å². The molecule has 3 amide bonds. The lowest BCUT2D eigenvalue weighted by Crippen LogP contribution is -2.36. The van der Waals surface area contributed by atoms with E-state index < -0.39 is 17.1 Å². The van der Waals surface area contributed by atoms with Crippen molar-refractivity contribution in [1.29, 1.82) is 0 Å². The largest absolute Gasteiger partial charge is 0.488 e. The molecule has 0 unspecified atom stereocenters. The fourth-order valence-electron chi connectivity index (χ4n) is 4.29. The van der Waals surface area contributed by atoms with Crippen molar-refractivity contribution in [3.8, 4) is 5.75 Å². The number of thioether (sulfide) groups is 1. The highest BCUT2D eigenvalue weighted by Gasteiger charge is 2.36. The molecule has 0 spiro atoms. The van der Waals surface area contributed by atoms with E-state index >= 15 is 0 Å². The Bertz CT molecular complexity index is 1520. The average Bonchev–Trinajstić information content (AvgIpc) is 3.19. The first-order chi connectivity index (χ1) is 19.6. The van der Waals surface area contributed by atoms with Gasteiger partial charge in [0.05, 0.1) is 4.91 Å². The maximum Gasteiger partial charge on any atom is 0.294 e. The van der Waals surface area contributed by atoms with Gasteiger partial charge in [-0.15, -0.1) is 0 Å². The lowest BCUT2D eigenvalue weighted by molar-refractivity contribution is -0.127. The van der Waals surface area contributed by atoms with Crippen LogP contribution in [0.5, 0.6) is 5.75 Å². The van der Waals surface area contributed by atoms with Gasteiger partial charge in [-0.2, -0.15) is 0 Å². The molecule has 1 N–H and O–H groups in total. The summed E-state index contributed by atoms with van der Waals surface area (Å²) < 4.78 is 6.19. The van der Waals surface area contributed by atoms with Crippen LogP contribution in [0.25, 0.3) is 6.08 Å². The summed E-state index contributed by atoms with van der Waals surface area (Å²) in [5.74, 6) is -0.460. The van der Waals surface area contributed by atoms with Crippen LogP contribution >= 0.6 is 35.0 Å². The van der Waals surface area contributed by atoms with E-state index in [1.165, 1.54) is 0 Å². The van der Waals surface area contributed by atoms with E-state index in [4.69, 9.17) is 27.9 Å². The second-order valence-electron chi connectivity index (χ2n) is 9.53. The first kappa shape index (κ1) is 30.5. The van der Waals surface area contributed by atoms with Crippen molar-refractivity contribution in [3.63, 3.8) is 0 Å². The van der Waals surface area contributed by atoms with E-state index in [-0.39, 0.29) is 18.1 Å². The summed E-state index contributed by atoms with van der Waals surface area (Å²) in [6.45, 7) is 9.47. The molecule has 1 heterocycles. The molecule has 1 saturated heterocycles. The molecule has 0 aromatic heterocycles. The molecule has 0 radical (unpaired) electrons. The maximum atomic E-state index is 13.2. The van der Waals surface area contributed by atoms with E-state index in [2.05, 4.69) is 24.1 Å². The molecule has 1 aliphatic rings. The third kappa shape index (κ3) is 7.44. The maximum absolute atomic E-state index is 13.2. The van der Waals surface area contributed by atoms with Crippen molar-refractivity contribution in [2.24, 2.45) is 0 Å². The van der Waals surface area contributed by atoms with Crippen LogP contribution in [0, 0.1) is 13.8 Å². The summed E-state index contributed by atoms with van der Waals surface area (Å²) in [5, 5.41) is 3.27. The minimum absolute atomic E-state index is 0.179. The van der Waals surface area contributed by atoms with Crippen LogP contribution < -0.4 is 15.0 Å². The highest BCUT2D eigenvalue weighted by molar-refractivity contribution is 8.18. The zero-order valence-corrected chi connectivity index (χ0v) is 25.6. The minimum atomic E-state index is -0.533. The third-order valence-corrected chi connectivity index (χ3v) is 8.27. The molecular weight excluding hydrogens is 581 g/mol. The first-order valence-electron chi connectivity index (χ1n) is 13.2. The Labute approximate surface area is 254 Å². The van der Waals surface area contributed by atoms with Gasteiger partial charge in [0.15, 0.2) is 0 Å². The lowest BCUT2D eigenvalue weighted by atomic mass is 10.1. The van der Waals surface area contributed by atoms with Crippen molar-refractivity contribution < 1.29 is 19.1 Å². The van der Waals surface area contributed by atoms with Crippen LogP contribution in [-0.4, -0.2) is 41.6 Å². The number of aryl methyl sites for hydroxylation is 2. The molecule has 3 aromatic carbocycles. The normalized spacial score (nSPS) is 14.1. The average molecular weight is 613 g/mol. The Morgan fingerprint density at radius 2 is 1.76 bits per heavy atom. The third-order valence-electron chi connectivity index (χ3n) is 6.78. The molecule has 7 nitrogen and oxygen atoms in total. The molecule has 10 heteroatoms. The molecule has 0 aliphatic carbocycles. The first-order valence-corrected chi connectivity index (χ1v) is 14.7. The highest BCUT2D eigenvalue weighted by atomic mass is 35.5. The Morgan fingerprint density at radius 3 is 2.44 bits per heavy atom. The lowest BCUT2D eigenvalue weighted by Gasteiger charge is -2.22. The van der Waals surface area contributed by atoms with Crippen LogP contribution in [0.15, 0.2) is 59.5 Å². The SMILES string of the molecule is CCN(CC)c1ccc(/C=C2/SC(=O)N(CC(=O)Nc3ccc(C)c(C)c3)C2=O)c(OCc2ccc(Cl)cc2Cl)c1. The number of hydrogen-bond donors (Lipinski definition) is 1. The summed E-state index contributed by atoms with van der Waals surface area (Å²) in [7, 11) is 0. The number of nitrogens with zero attached hydrogens (tertiary/aromatic N) is 2. The fraction of sp³-hybridized carbons (Fsp3) is 0.258. The van der Waals surface area contributed by atoms with Gasteiger partial charge < -0.3 is 15.0 Å². The summed E-state index contributed by atoms with van der Waals surface area (Å²) in [5.41, 5.74) is 5.07. The van der Waals surface area contributed by atoms with Crippen molar-refractivity contribution in [3.05, 3.63) is 91.8 Å². The van der Waals surface area contributed by atoms with Crippen LogP contribution in [0.2, 0.25) is 10.0 Å². The number of benzene rings is 3. The van der Waals surface area contributed by atoms with Gasteiger partial charge in [-0.3, -0.25) is 19.3 Å². The van der Waals surface area contributed by atoms with Gasteiger partial charge >= 0.3 is 0 Å². The molecule has 1 fully saturated rings. The van der Waals surface area contributed by atoms with Crippen molar-refractivity contribution in [2.45, 2.75) is 34.3 Å². The zero-order chi connectivity index (χ0) is 29.7. The van der Waals surface area contributed by atoms with E-state index in [9.17, 15) is 14.4 Å².